The Bertz CT molecular complexity index is 608. The number of amides is 2. The molecule has 1 fully saturated rings. The summed E-state index contributed by atoms with van der Waals surface area (Å²) < 4.78 is 25.0. The molecule has 0 bridgehead atoms. The van der Waals surface area contributed by atoms with Crippen molar-refractivity contribution in [2.75, 3.05) is 13.8 Å². The van der Waals surface area contributed by atoms with Crippen molar-refractivity contribution >= 4 is 12.3 Å². The van der Waals surface area contributed by atoms with E-state index in [0.717, 1.165) is 24.6 Å². The molecule has 2 unspecified atom stereocenters. The monoisotopic (exact) mass is 350 g/mol. The topological polar surface area (TPSA) is 59.1 Å². The second kappa shape index (κ2) is 9.29. The Balaban J connectivity index is 1.86. The first kappa shape index (κ1) is 19.1. The van der Waals surface area contributed by atoms with E-state index in [4.69, 9.17) is 9.47 Å². The van der Waals surface area contributed by atoms with Gasteiger partial charge in [0.05, 0.1) is 12.7 Å². The van der Waals surface area contributed by atoms with Gasteiger partial charge in [0.25, 0.3) is 5.91 Å². The van der Waals surface area contributed by atoms with Crippen molar-refractivity contribution in [2.45, 2.75) is 38.7 Å². The molecule has 25 heavy (non-hydrogen) atoms. The van der Waals surface area contributed by atoms with Gasteiger partial charge in [-0.05, 0) is 25.3 Å². The summed E-state index contributed by atoms with van der Waals surface area (Å²) in [6.45, 7) is 1.84. The Morgan fingerprint density at radius 3 is 2.68 bits per heavy atom. The third-order valence-corrected chi connectivity index (χ3v) is 3.92. The summed E-state index contributed by atoms with van der Waals surface area (Å²) in [5, 5.41) is 0. The third-order valence-electron chi connectivity index (χ3n) is 3.92. The second-order valence-electron chi connectivity index (χ2n) is 5.96. The smallest absolute Gasteiger partial charge is 0.292 e. The van der Waals surface area contributed by atoms with Gasteiger partial charge in [-0.3, -0.25) is 14.5 Å². The highest BCUT2D eigenvalue weighted by Crippen LogP contribution is 2.22. The van der Waals surface area contributed by atoms with Crippen LogP contribution < -0.4 is 0 Å². The van der Waals surface area contributed by atoms with Gasteiger partial charge in [-0.15, -0.1) is 0 Å². The average molecular weight is 350 g/mol. The number of ether oxygens (including phenoxy) is 2. The maximum atomic E-state index is 14.1. The minimum Gasteiger partial charge on any atom is -0.356 e. The number of nitrogens with zero attached hydrogens (tertiary/aromatic N) is 2. The van der Waals surface area contributed by atoms with Crippen LogP contribution in [0.4, 0.5) is 4.39 Å². The predicted molar refractivity (Wildman–Crippen MR) is 89.5 cm³/mol. The van der Waals surface area contributed by atoms with Crippen LogP contribution in [0.3, 0.4) is 0 Å². The SMILES string of the molecule is CC1CCC(N(C)/C=C(/F)C(=O)N(C=O)COCc2ccccc2)O1. The zero-order chi connectivity index (χ0) is 18.2. The molecule has 136 valence electrons. The Morgan fingerprint density at radius 2 is 2.08 bits per heavy atom. The molecule has 0 saturated carbocycles. The Labute approximate surface area is 146 Å². The van der Waals surface area contributed by atoms with Crippen LogP contribution in [0.25, 0.3) is 0 Å². The molecule has 0 aliphatic carbocycles. The number of hydrogen-bond acceptors (Lipinski definition) is 5. The molecule has 1 aliphatic heterocycles. The molecular weight excluding hydrogens is 327 g/mol. The highest BCUT2D eigenvalue weighted by Gasteiger charge is 2.26. The van der Waals surface area contributed by atoms with Gasteiger partial charge in [0, 0.05) is 13.2 Å². The molecule has 1 aromatic carbocycles. The molecular formula is C18H23FN2O4. The average Bonchev–Trinajstić information content (AvgIpc) is 3.05. The van der Waals surface area contributed by atoms with E-state index in [1.165, 1.54) is 4.90 Å². The lowest BCUT2D eigenvalue weighted by molar-refractivity contribution is -0.142. The van der Waals surface area contributed by atoms with E-state index < -0.39 is 11.7 Å². The highest BCUT2D eigenvalue weighted by atomic mass is 19.1. The fourth-order valence-electron chi connectivity index (χ4n) is 2.51. The molecule has 1 saturated heterocycles. The second-order valence-corrected chi connectivity index (χ2v) is 5.96. The van der Waals surface area contributed by atoms with Gasteiger partial charge in [-0.25, -0.2) is 0 Å². The molecule has 0 aromatic heterocycles. The van der Waals surface area contributed by atoms with Crippen LogP contribution in [0.2, 0.25) is 0 Å². The van der Waals surface area contributed by atoms with Crippen molar-refractivity contribution in [3.05, 3.63) is 47.9 Å². The maximum absolute atomic E-state index is 14.1. The van der Waals surface area contributed by atoms with Crippen LogP contribution in [0.15, 0.2) is 42.4 Å². The summed E-state index contributed by atoms with van der Waals surface area (Å²) in [5.41, 5.74) is 0.893. The summed E-state index contributed by atoms with van der Waals surface area (Å²) in [4.78, 5) is 25.3. The van der Waals surface area contributed by atoms with E-state index in [0.29, 0.717) is 4.90 Å². The summed E-state index contributed by atoms with van der Waals surface area (Å²) in [6.07, 6.45) is 2.79. The standard InChI is InChI=1S/C18H23FN2O4/c1-14-8-9-17(25-14)20(2)10-16(19)18(23)21(12-22)13-24-11-15-6-4-3-5-7-15/h3-7,10,12,14,17H,8-9,11,13H2,1-2H3/b16-10+. The summed E-state index contributed by atoms with van der Waals surface area (Å²) in [7, 11) is 1.63. The van der Waals surface area contributed by atoms with Crippen molar-refractivity contribution in [1.29, 1.82) is 0 Å². The number of carbonyl (C=O) groups excluding carboxylic acids is 2. The van der Waals surface area contributed by atoms with E-state index in [2.05, 4.69) is 0 Å². The number of halogens is 1. The molecule has 2 amide bonds. The number of imide groups is 1. The molecule has 1 aliphatic rings. The lowest BCUT2D eigenvalue weighted by Gasteiger charge is -2.23. The third kappa shape index (κ3) is 5.65. The van der Waals surface area contributed by atoms with E-state index >= 15 is 0 Å². The van der Waals surface area contributed by atoms with Crippen molar-refractivity contribution in [1.82, 2.24) is 9.80 Å². The molecule has 0 N–H and O–H groups in total. The number of benzene rings is 1. The van der Waals surface area contributed by atoms with E-state index in [9.17, 15) is 14.0 Å². The van der Waals surface area contributed by atoms with E-state index in [1.54, 1.807) is 7.05 Å². The lowest BCUT2D eigenvalue weighted by atomic mass is 10.2. The molecule has 1 heterocycles. The van der Waals surface area contributed by atoms with Gasteiger partial charge in [-0.2, -0.15) is 4.39 Å². The van der Waals surface area contributed by atoms with Crippen molar-refractivity contribution in [3.8, 4) is 0 Å². The largest absolute Gasteiger partial charge is 0.356 e. The Kier molecular flexibility index (Phi) is 7.09. The first-order valence-electron chi connectivity index (χ1n) is 8.14. The molecule has 1 aromatic rings. The van der Waals surface area contributed by atoms with Crippen LogP contribution in [0.5, 0.6) is 0 Å². The van der Waals surface area contributed by atoms with Gasteiger partial charge in [0.2, 0.25) is 12.2 Å². The first-order valence-corrected chi connectivity index (χ1v) is 8.14. The molecule has 7 heteroatoms. The molecule has 6 nitrogen and oxygen atoms in total. The minimum absolute atomic E-state index is 0.109. The number of carbonyl (C=O) groups is 2. The lowest BCUT2D eigenvalue weighted by Crippen LogP contribution is -2.34. The summed E-state index contributed by atoms with van der Waals surface area (Å²) >= 11 is 0. The zero-order valence-electron chi connectivity index (χ0n) is 14.4. The van der Waals surface area contributed by atoms with Crippen molar-refractivity contribution in [2.24, 2.45) is 0 Å². The molecule has 2 atom stereocenters. The van der Waals surface area contributed by atoms with Crippen LogP contribution in [-0.2, 0) is 25.7 Å². The Hall–Kier alpha value is -2.25. The molecule has 0 spiro atoms. The maximum Gasteiger partial charge on any atom is 0.292 e. The van der Waals surface area contributed by atoms with Crippen LogP contribution in [-0.4, -0.2) is 48.2 Å². The summed E-state index contributed by atoms with van der Waals surface area (Å²) in [5.74, 6) is -2.08. The Morgan fingerprint density at radius 1 is 1.36 bits per heavy atom. The fourth-order valence-corrected chi connectivity index (χ4v) is 2.51. The quantitative estimate of drug-likeness (QED) is 0.409. The van der Waals surface area contributed by atoms with E-state index in [-0.39, 0.29) is 32.1 Å². The van der Waals surface area contributed by atoms with Gasteiger partial charge in [0.1, 0.15) is 13.0 Å². The van der Waals surface area contributed by atoms with Gasteiger partial charge >= 0.3 is 0 Å². The van der Waals surface area contributed by atoms with Crippen LogP contribution in [0, 0.1) is 0 Å². The molecule has 0 radical (unpaired) electrons. The first-order chi connectivity index (χ1) is 12.0. The summed E-state index contributed by atoms with van der Waals surface area (Å²) in [6, 6.07) is 9.28. The predicted octanol–water partition coefficient (Wildman–Crippen LogP) is 2.41. The fraction of sp³-hybridized carbons (Fsp3) is 0.444. The van der Waals surface area contributed by atoms with Crippen molar-refractivity contribution < 1.29 is 23.5 Å². The number of rotatable bonds is 8. The van der Waals surface area contributed by atoms with Gasteiger partial charge < -0.3 is 14.4 Å². The van der Waals surface area contributed by atoms with E-state index in [1.807, 2.05) is 37.3 Å². The molecule has 2 rings (SSSR count). The van der Waals surface area contributed by atoms with Crippen LogP contribution in [0.1, 0.15) is 25.3 Å². The highest BCUT2D eigenvalue weighted by molar-refractivity contribution is 5.97. The number of hydrogen-bond donors (Lipinski definition) is 0. The van der Waals surface area contributed by atoms with Crippen molar-refractivity contribution in [3.63, 3.8) is 0 Å². The zero-order valence-corrected chi connectivity index (χ0v) is 14.4. The van der Waals surface area contributed by atoms with Gasteiger partial charge in [0.15, 0.2) is 0 Å². The van der Waals surface area contributed by atoms with Crippen LogP contribution >= 0.6 is 0 Å². The van der Waals surface area contributed by atoms with Gasteiger partial charge in [-0.1, -0.05) is 30.3 Å². The normalized spacial score (nSPS) is 20.4. The minimum atomic E-state index is -1.04.